The predicted octanol–water partition coefficient (Wildman–Crippen LogP) is 2.93. The van der Waals surface area contributed by atoms with E-state index >= 15 is 0 Å². The van der Waals surface area contributed by atoms with Crippen molar-refractivity contribution in [3.63, 3.8) is 0 Å². The van der Waals surface area contributed by atoms with E-state index in [0.29, 0.717) is 17.0 Å². The number of carboxylic acid groups (broad SMARTS) is 1. The number of carboxylic acids is 1. The van der Waals surface area contributed by atoms with Crippen molar-refractivity contribution in [2.24, 2.45) is 0 Å². The number of thiocarbonyl (C=S) groups is 1. The van der Waals surface area contributed by atoms with Gasteiger partial charge in [0.15, 0.2) is 11.2 Å². The number of hydrogen-bond acceptors (Lipinski definition) is 5. The molecular formula is C22H20N2O5S. The molecule has 1 aliphatic heterocycles. The van der Waals surface area contributed by atoms with Crippen LogP contribution in [-0.4, -0.2) is 34.1 Å². The Morgan fingerprint density at radius 1 is 1.17 bits per heavy atom. The first-order chi connectivity index (χ1) is 14.3. The normalized spacial score (nSPS) is 16.4. The van der Waals surface area contributed by atoms with Crippen LogP contribution in [0.4, 0.5) is 5.69 Å². The summed E-state index contributed by atoms with van der Waals surface area (Å²) in [6.07, 6.45) is 1.33. The number of hydrogen-bond donors (Lipinski definition) is 2. The number of anilines is 1. The third kappa shape index (κ3) is 4.55. The summed E-state index contributed by atoms with van der Waals surface area (Å²) in [6, 6.07) is 13.8. The Balaban J connectivity index is 1.85. The second-order valence-electron chi connectivity index (χ2n) is 6.65. The molecule has 2 aromatic carbocycles. The van der Waals surface area contributed by atoms with Gasteiger partial charge in [0.1, 0.15) is 11.3 Å². The minimum atomic E-state index is -1.08. The van der Waals surface area contributed by atoms with Crippen LogP contribution in [0.5, 0.6) is 5.75 Å². The van der Waals surface area contributed by atoms with Gasteiger partial charge in [-0.25, -0.2) is 4.79 Å². The number of nitrogens with one attached hydrogen (secondary N) is 1. The van der Waals surface area contributed by atoms with Crippen molar-refractivity contribution in [2.45, 2.75) is 26.4 Å². The number of carbonyl (C=O) groups excluding carboxylic acids is 2. The summed E-state index contributed by atoms with van der Waals surface area (Å²) in [4.78, 5) is 37.6. The molecule has 0 aromatic heterocycles. The largest absolute Gasteiger partial charge is 0.479 e. The summed E-state index contributed by atoms with van der Waals surface area (Å²) in [5.41, 5.74) is 2.21. The molecule has 0 saturated carbocycles. The molecule has 0 aliphatic carbocycles. The van der Waals surface area contributed by atoms with Crippen LogP contribution in [0.15, 0.2) is 54.1 Å². The zero-order chi connectivity index (χ0) is 21.8. The lowest BCUT2D eigenvalue weighted by atomic mass is 10.1. The quantitative estimate of drug-likeness (QED) is 0.421. The van der Waals surface area contributed by atoms with Crippen LogP contribution in [0.25, 0.3) is 6.08 Å². The summed E-state index contributed by atoms with van der Waals surface area (Å²) in [5.74, 6) is -1.81. The molecule has 154 valence electrons. The molecule has 1 saturated heterocycles. The van der Waals surface area contributed by atoms with E-state index in [2.05, 4.69) is 5.32 Å². The molecular weight excluding hydrogens is 404 g/mol. The van der Waals surface area contributed by atoms with Crippen LogP contribution in [0, 0.1) is 0 Å². The van der Waals surface area contributed by atoms with Crippen LogP contribution < -0.4 is 15.0 Å². The Morgan fingerprint density at radius 2 is 1.80 bits per heavy atom. The van der Waals surface area contributed by atoms with Crippen molar-refractivity contribution >= 4 is 46.9 Å². The van der Waals surface area contributed by atoms with E-state index < -0.39 is 23.9 Å². The summed E-state index contributed by atoms with van der Waals surface area (Å²) in [6.45, 7) is 3.46. The molecule has 1 unspecified atom stereocenters. The number of amides is 2. The maximum absolute atomic E-state index is 13.0. The number of benzene rings is 2. The molecule has 2 N–H and O–H groups in total. The number of carbonyl (C=O) groups is 3. The Morgan fingerprint density at radius 3 is 2.37 bits per heavy atom. The van der Waals surface area contributed by atoms with Crippen molar-refractivity contribution in [1.82, 2.24) is 5.32 Å². The van der Waals surface area contributed by atoms with E-state index in [-0.39, 0.29) is 10.7 Å². The molecule has 0 spiro atoms. The van der Waals surface area contributed by atoms with Gasteiger partial charge in [-0.1, -0.05) is 31.2 Å². The van der Waals surface area contributed by atoms with Crippen molar-refractivity contribution in [2.75, 3.05) is 4.90 Å². The maximum atomic E-state index is 13.0. The molecule has 30 heavy (non-hydrogen) atoms. The van der Waals surface area contributed by atoms with Gasteiger partial charge in [0.05, 0.1) is 5.69 Å². The standard InChI is InChI=1S/C22H20N2O5S/c1-3-14-4-8-16(9-5-14)24-20(26)18(19(25)23-22(24)30)12-15-6-10-17(11-7-15)29-13(2)21(27)28/h4-13H,3H2,1-2H3,(H,27,28)(H,23,25,30). The highest BCUT2D eigenvalue weighted by atomic mass is 32.1. The maximum Gasteiger partial charge on any atom is 0.344 e. The molecule has 3 rings (SSSR count). The second kappa shape index (κ2) is 8.87. The first-order valence-corrected chi connectivity index (χ1v) is 9.71. The van der Waals surface area contributed by atoms with Gasteiger partial charge in [-0.3, -0.25) is 19.8 Å². The average Bonchev–Trinajstić information content (AvgIpc) is 2.72. The Kier molecular flexibility index (Phi) is 6.27. The smallest absolute Gasteiger partial charge is 0.344 e. The third-order valence-electron chi connectivity index (χ3n) is 4.56. The van der Waals surface area contributed by atoms with Crippen LogP contribution >= 0.6 is 12.2 Å². The lowest BCUT2D eigenvalue weighted by Gasteiger charge is -2.29. The van der Waals surface area contributed by atoms with Gasteiger partial charge < -0.3 is 9.84 Å². The number of aryl methyl sites for hydroxylation is 1. The molecule has 0 radical (unpaired) electrons. The fourth-order valence-corrected chi connectivity index (χ4v) is 3.12. The summed E-state index contributed by atoms with van der Waals surface area (Å²) >= 11 is 5.20. The number of aliphatic carboxylic acids is 1. The van der Waals surface area contributed by atoms with Crippen LogP contribution in [0.1, 0.15) is 25.0 Å². The van der Waals surface area contributed by atoms with Gasteiger partial charge in [0.25, 0.3) is 11.8 Å². The Hall–Kier alpha value is -3.52. The molecule has 0 bridgehead atoms. The zero-order valence-electron chi connectivity index (χ0n) is 16.4. The summed E-state index contributed by atoms with van der Waals surface area (Å²) < 4.78 is 5.28. The molecule has 8 heteroatoms. The lowest BCUT2D eigenvalue weighted by molar-refractivity contribution is -0.144. The third-order valence-corrected chi connectivity index (χ3v) is 4.84. The van der Waals surface area contributed by atoms with Crippen molar-refractivity contribution in [1.29, 1.82) is 0 Å². The zero-order valence-corrected chi connectivity index (χ0v) is 17.2. The van der Waals surface area contributed by atoms with Crippen LogP contribution in [0.3, 0.4) is 0 Å². The highest BCUT2D eigenvalue weighted by molar-refractivity contribution is 7.80. The van der Waals surface area contributed by atoms with E-state index in [1.165, 1.54) is 17.9 Å². The Labute approximate surface area is 179 Å². The topological polar surface area (TPSA) is 95.9 Å². The lowest BCUT2D eigenvalue weighted by Crippen LogP contribution is -2.54. The van der Waals surface area contributed by atoms with E-state index in [0.717, 1.165) is 12.0 Å². The number of ether oxygens (including phenoxy) is 1. The minimum Gasteiger partial charge on any atom is -0.479 e. The summed E-state index contributed by atoms with van der Waals surface area (Å²) in [7, 11) is 0. The van der Waals surface area contributed by atoms with E-state index in [1.54, 1.807) is 36.4 Å². The monoisotopic (exact) mass is 424 g/mol. The molecule has 2 amide bonds. The fourth-order valence-electron chi connectivity index (χ4n) is 2.84. The van der Waals surface area contributed by atoms with Crippen LogP contribution in [0.2, 0.25) is 0 Å². The van der Waals surface area contributed by atoms with Gasteiger partial charge in [0.2, 0.25) is 0 Å². The van der Waals surface area contributed by atoms with Crippen molar-refractivity contribution in [3.8, 4) is 5.75 Å². The van der Waals surface area contributed by atoms with Gasteiger partial charge in [0, 0.05) is 0 Å². The van der Waals surface area contributed by atoms with Crippen molar-refractivity contribution in [3.05, 3.63) is 65.2 Å². The van der Waals surface area contributed by atoms with E-state index in [4.69, 9.17) is 22.1 Å². The highest BCUT2D eigenvalue weighted by Gasteiger charge is 2.34. The number of rotatable bonds is 6. The second-order valence-corrected chi connectivity index (χ2v) is 7.03. The first kappa shape index (κ1) is 21.2. The van der Waals surface area contributed by atoms with Gasteiger partial charge >= 0.3 is 5.97 Å². The predicted molar refractivity (Wildman–Crippen MR) is 116 cm³/mol. The molecule has 7 nitrogen and oxygen atoms in total. The first-order valence-electron chi connectivity index (χ1n) is 9.30. The van der Waals surface area contributed by atoms with E-state index in [1.807, 2.05) is 19.1 Å². The highest BCUT2D eigenvalue weighted by Crippen LogP contribution is 2.23. The summed E-state index contributed by atoms with van der Waals surface area (Å²) in [5, 5.41) is 11.5. The van der Waals surface area contributed by atoms with Gasteiger partial charge in [-0.15, -0.1) is 0 Å². The molecule has 1 heterocycles. The minimum absolute atomic E-state index is 0.0257. The van der Waals surface area contributed by atoms with Crippen molar-refractivity contribution < 1.29 is 24.2 Å². The molecule has 1 aliphatic rings. The van der Waals surface area contributed by atoms with Crippen LogP contribution in [-0.2, 0) is 20.8 Å². The van der Waals surface area contributed by atoms with Gasteiger partial charge in [-0.05, 0) is 67.0 Å². The average molecular weight is 424 g/mol. The number of nitrogens with zero attached hydrogens (tertiary/aromatic N) is 1. The Bertz CT molecular complexity index is 1030. The fraction of sp³-hybridized carbons (Fsp3) is 0.182. The molecule has 1 atom stereocenters. The molecule has 2 aromatic rings. The molecule has 1 fully saturated rings. The van der Waals surface area contributed by atoms with E-state index in [9.17, 15) is 14.4 Å². The van der Waals surface area contributed by atoms with Gasteiger partial charge in [-0.2, -0.15) is 0 Å². The SMILES string of the molecule is CCc1ccc(N2C(=O)C(=Cc3ccc(OC(C)C(=O)O)cc3)C(=O)NC2=S)cc1.